The van der Waals surface area contributed by atoms with Crippen LogP contribution >= 0.6 is 15.9 Å². The second-order valence-electron chi connectivity index (χ2n) is 5.61. The summed E-state index contributed by atoms with van der Waals surface area (Å²) in [5.41, 5.74) is 10.4. The molecule has 130 valence electrons. The van der Waals surface area contributed by atoms with Gasteiger partial charge in [0.25, 0.3) is 0 Å². The second-order valence-corrected chi connectivity index (χ2v) is 6.60. The Hall–Kier alpha value is -2.38. The Labute approximate surface area is 154 Å². The number of benzene rings is 2. The number of nitrogens with one attached hydrogen (secondary N) is 3. The molecule has 2 aromatic carbocycles. The van der Waals surface area contributed by atoms with Gasteiger partial charge in [-0.3, -0.25) is 10.2 Å². The molecule has 3 rings (SSSR count). The van der Waals surface area contributed by atoms with E-state index in [1.807, 2.05) is 54.6 Å². The van der Waals surface area contributed by atoms with Gasteiger partial charge in [0, 0.05) is 6.54 Å². The lowest BCUT2D eigenvalue weighted by atomic mass is 10.2. The lowest BCUT2D eigenvalue weighted by molar-refractivity contribution is -0.123. The molecule has 2 atom stereocenters. The zero-order chi connectivity index (χ0) is 17.5. The molecule has 3 N–H and O–H groups in total. The van der Waals surface area contributed by atoms with Crippen molar-refractivity contribution in [1.29, 1.82) is 0 Å². The number of ether oxygens (including phenoxy) is 1. The van der Waals surface area contributed by atoms with E-state index in [0.29, 0.717) is 13.2 Å². The highest BCUT2D eigenvalue weighted by molar-refractivity contribution is 9.10. The number of carbonyl (C=O) groups is 1. The minimum atomic E-state index is -0.320. The topological polar surface area (TPSA) is 74.8 Å². The summed E-state index contributed by atoms with van der Waals surface area (Å²) in [4.78, 5) is 11.2. The average molecular weight is 403 g/mol. The third kappa shape index (κ3) is 5.04. The number of hydrazine groups is 1. The lowest BCUT2D eigenvalue weighted by Crippen LogP contribution is -2.59. The summed E-state index contributed by atoms with van der Waals surface area (Å²) in [6, 6.07) is 17.6. The number of hydrogen-bond donors (Lipinski definition) is 3. The molecule has 1 aliphatic heterocycles. The van der Waals surface area contributed by atoms with Crippen molar-refractivity contribution in [1.82, 2.24) is 16.3 Å². The number of alkyl halides is 1. The number of nitrogens with zero attached hydrogens (tertiary/aromatic N) is 1. The van der Waals surface area contributed by atoms with E-state index in [9.17, 15) is 4.79 Å². The van der Waals surface area contributed by atoms with Crippen LogP contribution < -0.4 is 21.0 Å². The zero-order valence-electron chi connectivity index (χ0n) is 13.5. The maximum atomic E-state index is 11.5. The first-order valence-corrected chi connectivity index (χ1v) is 8.86. The summed E-state index contributed by atoms with van der Waals surface area (Å²) in [5.74, 6) is 0.696. The van der Waals surface area contributed by atoms with Crippen molar-refractivity contribution < 1.29 is 9.53 Å². The predicted molar refractivity (Wildman–Crippen MR) is 101 cm³/mol. The van der Waals surface area contributed by atoms with E-state index >= 15 is 0 Å². The Morgan fingerprint density at radius 2 is 1.96 bits per heavy atom. The van der Waals surface area contributed by atoms with Crippen LogP contribution in [0.1, 0.15) is 11.1 Å². The van der Waals surface area contributed by atoms with Crippen LogP contribution in [0.3, 0.4) is 0 Å². The third-order valence-corrected chi connectivity index (χ3v) is 4.77. The number of hydrazone groups is 1. The van der Waals surface area contributed by atoms with Crippen LogP contribution in [-0.2, 0) is 11.4 Å². The fraction of sp³-hybridized carbons (Fsp3) is 0.222. The highest BCUT2D eigenvalue weighted by atomic mass is 79.9. The molecule has 0 bridgehead atoms. The van der Waals surface area contributed by atoms with Crippen LogP contribution in [-0.4, -0.2) is 29.5 Å². The molecule has 0 spiro atoms. The van der Waals surface area contributed by atoms with E-state index < -0.39 is 0 Å². The molecule has 1 aliphatic rings. The molecule has 2 unspecified atom stereocenters. The quantitative estimate of drug-likeness (QED) is 0.392. The summed E-state index contributed by atoms with van der Waals surface area (Å²) < 4.78 is 5.75. The minimum Gasteiger partial charge on any atom is -0.489 e. The van der Waals surface area contributed by atoms with Gasteiger partial charge in [-0.2, -0.15) is 5.10 Å². The minimum absolute atomic E-state index is 0.112. The molecular formula is C18H19BrN4O2. The first-order chi connectivity index (χ1) is 12.2. The Bertz CT molecular complexity index is 722. The molecule has 0 radical (unpaired) electrons. The van der Waals surface area contributed by atoms with Gasteiger partial charge in [0.05, 0.1) is 12.3 Å². The second kappa shape index (κ2) is 8.64. The predicted octanol–water partition coefficient (Wildman–Crippen LogP) is 1.96. The van der Waals surface area contributed by atoms with Gasteiger partial charge in [-0.05, 0) is 35.4 Å². The normalized spacial score (nSPS) is 20.3. The average Bonchev–Trinajstić information content (AvgIpc) is 2.65. The Morgan fingerprint density at radius 1 is 1.20 bits per heavy atom. The standard InChI is InChI=1S/C18H19BrN4O2/c19-17-16(11-21-23-18(17)24)22-20-10-13-6-8-15(9-7-13)25-12-14-4-2-1-3-5-14/h1-10,16-17,21-22H,11-12H2,(H,23,24)/b20-10-. The maximum absolute atomic E-state index is 11.5. The summed E-state index contributed by atoms with van der Waals surface area (Å²) in [7, 11) is 0. The van der Waals surface area contributed by atoms with Gasteiger partial charge in [-0.25, -0.2) is 5.43 Å². The van der Waals surface area contributed by atoms with Crippen LogP contribution in [0.2, 0.25) is 0 Å². The first-order valence-electron chi connectivity index (χ1n) is 7.94. The highest BCUT2D eigenvalue weighted by Gasteiger charge is 2.29. The molecule has 1 heterocycles. The van der Waals surface area contributed by atoms with Crippen LogP contribution in [0, 0.1) is 0 Å². The zero-order valence-corrected chi connectivity index (χ0v) is 15.1. The van der Waals surface area contributed by atoms with Crippen molar-refractivity contribution in [2.24, 2.45) is 5.10 Å². The molecule has 0 aliphatic carbocycles. The molecule has 0 saturated carbocycles. The van der Waals surface area contributed by atoms with Crippen molar-refractivity contribution in [3.63, 3.8) is 0 Å². The van der Waals surface area contributed by atoms with Gasteiger partial charge < -0.3 is 10.2 Å². The number of rotatable bonds is 6. The molecule has 7 heteroatoms. The maximum Gasteiger partial charge on any atom is 0.250 e. The van der Waals surface area contributed by atoms with Gasteiger partial charge in [0.2, 0.25) is 5.91 Å². The molecular weight excluding hydrogens is 384 g/mol. The third-order valence-electron chi connectivity index (χ3n) is 3.72. The largest absolute Gasteiger partial charge is 0.489 e. The van der Waals surface area contributed by atoms with Crippen molar-refractivity contribution in [3.8, 4) is 5.75 Å². The number of halogens is 1. The number of hydrogen-bond acceptors (Lipinski definition) is 5. The first kappa shape index (κ1) is 17.4. The van der Waals surface area contributed by atoms with Crippen molar-refractivity contribution in [2.45, 2.75) is 17.5 Å². The Kier molecular flexibility index (Phi) is 6.03. The molecule has 1 saturated heterocycles. The van der Waals surface area contributed by atoms with E-state index in [1.165, 1.54) is 0 Å². The van der Waals surface area contributed by atoms with Crippen LogP contribution in [0.5, 0.6) is 5.75 Å². The smallest absolute Gasteiger partial charge is 0.250 e. The summed E-state index contributed by atoms with van der Waals surface area (Å²) >= 11 is 3.35. The van der Waals surface area contributed by atoms with Gasteiger partial charge in [-0.15, -0.1) is 0 Å². The lowest BCUT2D eigenvalue weighted by Gasteiger charge is -2.27. The molecule has 1 fully saturated rings. The van der Waals surface area contributed by atoms with Crippen LogP contribution in [0.25, 0.3) is 0 Å². The van der Waals surface area contributed by atoms with Gasteiger partial charge >= 0.3 is 0 Å². The van der Waals surface area contributed by atoms with Crippen LogP contribution in [0.4, 0.5) is 0 Å². The molecule has 6 nitrogen and oxygen atoms in total. The van der Waals surface area contributed by atoms with Gasteiger partial charge in [-0.1, -0.05) is 46.3 Å². The van der Waals surface area contributed by atoms with E-state index in [1.54, 1.807) is 6.21 Å². The molecule has 1 amide bonds. The number of carbonyl (C=O) groups excluding carboxylic acids is 1. The Balaban J connectivity index is 1.49. The van der Waals surface area contributed by atoms with Crippen molar-refractivity contribution in [2.75, 3.05) is 6.54 Å². The van der Waals surface area contributed by atoms with Crippen LogP contribution in [0.15, 0.2) is 59.7 Å². The SMILES string of the molecule is O=C1NNCC(N/N=C\c2ccc(OCc3ccccc3)cc2)C1Br. The van der Waals surface area contributed by atoms with Gasteiger partial charge in [0.15, 0.2) is 0 Å². The monoisotopic (exact) mass is 402 g/mol. The number of amides is 1. The fourth-order valence-corrected chi connectivity index (χ4v) is 2.73. The van der Waals surface area contributed by atoms with Crippen molar-refractivity contribution in [3.05, 3.63) is 65.7 Å². The van der Waals surface area contributed by atoms with E-state index in [0.717, 1.165) is 16.9 Å². The molecule has 25 heavy (non-hydrogen) atoms. The summed E-state index contributed by atoms with van der Waals surface area (Å²) in [6.45, 7) is 1.13. The van der Waals surface area contributed by atoms with E-state index in [2.05, 4.69) is 37.3 Å². The molecule has 2 aromatic rings. The summed E-state index contributed by atoms with van der Waals surface area (Å²) in [5, 5.41) is 4.21. The highest BCUT2D eigenvalue weighted by Crippen LogP contribution is 2.13. The summed E-state index contributed by atoms with van der Waals surface area (Å²) in [6.07, 6.45) is 1.72. The van der Waals surface area contributed by atoms with E-state index in [-0.39, 0.29) is 16.8 Å². The van der Waals surface area contributed by atoms with Gasteiger partial charge in [0.1, 0.15) is 17.2 Å². The Morgan fingerprint density at radius 3 is 2.72 bits per heavy atom. The van der Waals surface area contributed by atoms with Crippen molar-refractivity contribution >= 4 is 28.1 Å². The fourth-order valence-electron chi connectivity index (χ4n) is 2.31. The molecule has 0 aromatic heterocycles. The van der Waals surface area contributed by atoms with E-state index in [4.69, 9.17) is 4.74 Å².